The molecule has 0 saturated carbocycles. The van der Waals surface area contributed by atoms with Crippen molar-refractivity contribution in [3.63, 3.8) is 0 Å². The van der Waals surface area contributed by atoms with Crippen LogP contribution in [-0.2, 0) is 10.0 Å². The normalized spacial score (nSPS) is 13.5. The van der Waals surface area contributed by atoms with Crippen molar-refractivity contribution >= 4 is 27.5 Å². The molecular formula is C11H17FN2O2S2. The van der Waals surface area contributed by atoms with Gasteiger partial charge in [0.15, 0.2) is 0 Å². The van der Waals surface area contributed by atoms with Gasteiger partial charge in [0.1, 0.15) is 10.7 Å². The van der Waals surface area contributed by atoms with E-state index in [1.54, 1.807) is 11.8 Å². The number of nitrogen functional groups attached to an aromatic ring is 1. The molecule has 0 saturated heterocycles. The average Bonchev–Trinajstić information content (AvgIpc) is 2.27. The third kappa shape index (κ3) is 3.86. The van der Waals surface area contributed by atoms with Crippen LogP contribution >= 0.6 is 11.8 Å². The number of nitrogens with two attached hydrogens (primary N) is 1. The molecule has 0 bridgehead atoms. The van der Waals surface area contributed by atoms with Gasteiger partial charge in [-0.2, -0.15) is 11.8 Å². The molecule has 0 spiro atoms. The van der Waals surface area contributed by atoms with Crippen molar-refractivity contribution in [3.8, 4) is 0 Å². The largest absolute Gasteiger partial charge is 0.398 e. The summed E-state index contributed by atoms with van der Waals surface area (Å²) < 4.78 is 39.6. The quantitative estimate of drug-likeness (QED) is 0.785. The minimum Gasteiger partial charge on any atom is -0.398 e. The Kier molecular flexibility index (Phi) is 5.43. The van der Waals surface area contributed by atoms with Crippen LogP contribution in [0.15, 0.2) is 23.1 Å². The molecule has 4 nitrogen and oxygen atoms in total. The fourth-order valence-electron chi connectivity index (χ4n) is 1.48. The summed E-state index contributed by atoms with van der Waals surface area (Å²) in [6.45, 7) is 1.90. The monoisotopic (exact) mass is 292 g/mol. The summed E-state index contributed by atoms with van der Waals surface area (Å²) in [6, 6.07) is 3.11. The maximum Gasteiger partial charge on any atom is 0.242 e. The van der Waals surface area contributed by atoms with E-state index in [0.29, 0.717) is 12.2 Å². The summed E-state index contributed by atoms with van der Waals surface area (Å²) in [5.41, 5.74) is 5.45. The number of thioether (sulfide) groups is 1. The molecule has 1 aromatic carbocycles. The van der Waals surface area contributed by atoms with Gasteiger partial charge in [0.05, 0.1) is 5.69 Å². The Hall–Kier alpha value is -0.790. The van der Waals surface area contributed by atoms with Crippen molar-refractivity contribution < 1.29 is 12.8 Å². The Labute approximate surface area is 111 Å². The highest BCUT2D eigenvalue weighted by Crippen LogP contribution is 2.19. The van der Waals surface area contributed by atoms with E-state index in [4.69, 9.17) is 5.73 Å². The standard InChI is InChI=1S/C11H17FN2O2S2/c1-3-9(7-17-2)14-18(15,16)11-5-4-8(12)6-10(11)13/h4-6,9,14H,3,7,13H2,1-2H3. The molecule has 102 valence electrons. The maximum absolute atomic E-state index is 12.9. The molecule has 1 unspecified atom stereocenters. The molecular weight excluding hydrogens is 275 g/mol. The lowest BCUT2D eigenvalue weighted by atomic mass is 10.3. The summed E-state index contributed by atoms with van der Waals surface area (Å²) in [7, 11) is -3.70. The molecule has 0 heterocycles. The summed E-state index contributed by atoms with van der Waals surface area (Å²) in [5, 5.41) is 0. The minimum atomic E-state index is -3.70. The van der Waals surface area contributed by atoms with E-state index in [2.05, 4.69) is 4.72 Å². The maximum atomic E-state index is 12.9. The number of anilines is 1. The van der Waals surface area contributed by atoms with Gasteiger partial charge in [0.25, 0.3) is 0 Å². The van der Waals surface area contributed by atoms with Crippen molar-refractivity contribution in [2.45, 2.75) is 24.3 Å². The lowest BCUT2D eigenvalue weighted by Gasteiger charge is -2.16. The highest BCUT2D eigenvalue weighted by Gasteiger charge is 2.21. The summed E-state index contributed by atoms with van der Waals surface area (Å²) >= 11 is 1.56. The van der Waals surface area contributed by atoms with Crippen LogP contribution in [0.1, 0.15) is 13.3 Å². The van der Waals surface area contributed by atoms with Crippen LogP contribution in [0.2, 0.25) is 0 Å². The Morgan fingerprint density at radius 1 is 1.50 bits per heavy atom. The van der Waals surface area contributed by atoms with Crippen molar-refractivity contribution in [2.75, 3.05) is 17.7 Å². The van der Waals surface area contributed by atoms with Crippen LogP contribution in [0.4, 0.5) is 10.1 Å². The van der Waals surface area contributed by atoms with Gasteiger partial charge in [-0.1, -0.05) is 6.92 Å². The summed E-state index contributed by atoms with van der Waals surface area (Å²) in [5.74, 6) is 0.124. The fourth-order valence-corrected chi connectivity index (χ4v) is 3.74. The number of nitrogens with one attached hydrogen (secondary N) is 1. The molecule has 3 N–H and O–H groups in total. The van der Waals surface area contributed by atoms with Gasteiger partial charge in [-0.3, -0.25) is 0 Å². The second kappa shape index (κ2) is 6.40. The molecule has 0 fully saturated rings. The number of hydrogen-bond acceptors (Lipinski definition) is 4. The number of sulfonamides is 1. The highest BCUT2D eigenvalue weighted by atomic mass is 32.2. The zero-order valence-corrected chi connectivity index (χ0v) is 11.9. The molecule has 1 atom stereocenters. The molecule has 0 aliphatic carbocycles. The first kappa shape index (κ1) is 15.3. The first-order chi connectivity index (χ1) is 8.40. The predicted molar refractivity (Wildman–Crippen MR) is 73.6 cm³/mol. The van der Waals surface area contributed by atoms with Crippen LogP contribution in [0.5, 0.6) is 0 Å². The zero-order valence-electron chi connectivity index (χ0n) is 10.3. The smallest absolute Gasteiger partial charge is 0.242 e. The molecule has 7 heteroatoms. The van der Waals surface area contributed by atoms with Crippen molar-refractivity contribution in [3.05, 3.63) is 24.0 Å². The summed E-state index contributed by atoms with van der Waals surface area (Å²) in [4.78, 5) is -0.0801. The van der Waals surface area contributed by atoms with Crippen LogP contribution in [0.3, 0.4) is 0 Å². The molecule has 0 amide bonds. The number of halogens is 1. The SMILES string of the molecule is CCC(CSC)NS(=O)(=O)c1ccc(F)cc1N. The molecule has 0 aliphatic rings. The van der Waals surface area contributed by atoms with E-state index in [-0.39, 0.29) is 16.6 Å². The molecule has 18 heavy (non-hydrogen) atoms. The van der Waals surface area contributed by atoms with Gasteiger partial charge in [-0.05, 0) is 30.9 Å². The van der Waals surface area contributed by atoms with Gasteiger partial charge >= 0.3 is 0 Å². The number of hydrogen-bond donors (Lipinski definition) is 2. The van der Waals surface area contributed by atoms with E-state index >= 15 is 0 Å². The molecule has 0 aromatic heterocycles. The predicted octanol–water partition coefficient (Wildman–Crippen LogP) is 1.83. The Bertz CT molecular complexity index is 506. The van der Waals surface area contributed by atoms with Gasteiger partial charge in [0.2, 0.25) is 10.0 Å². The zero-order chi connectivity index (χ0) is 13.8. The van der Waals surface area contributed by atoms with Crippen molar-refractivity contribution in [1.29, 1.82) is 0 Å². The van der Waals surface area contributed by atoms with E-state index in [1.165, 1.54) is 6.07 Å². The van der Waals surface area contributed by atoms with E-state index in [1.807, 2.05) is 13.2 Å². The lowest BCUT2D eigenvalue weighted by molar-refractivity contribution is 0.558. The van der Waals surface area contributed by atoms with Gasteiger partial charge < -0.3 is 5.73 Å². The Balaban J connectivity index is 2.99. The van der Waals surface area contributed by atoms with Gasteiger partial charge in [-0.25, -0.2) is 17.5 Å². The molecule has 0 radical (unpaired) electrons. The highest BCUT2D eigenvalue weighted by molar-refractivity contribution is 7.98. The van der Waals surface area contributed by atoms with Crippen molar-refractivity contribution in [1.82, 2.24) is 4.72 Å². The molecule has 1 rings (SSSR count). The Morgan fingerprint density at radius 3 is 2.67 bits per heavy atom. The minimum absolute atomic E-state index is 0.0801. The van der Waals surface area contributed by atoms with Crippen LogP contribution < -0.4 is 10.5 Å². The van der Waals surface area contributed by atoms with Crippen LogP contribution in [-0.4, -0.2) is 26.5 Å². The first-order valence-corrected chi connectivity index (χ1v) is 8.34. The van der Waals surface area contributed by atoms with Crippen LogP contribution in [0, 0.1) is 5.82 Å². The van der Waals surface area contributed by atoms with E-state index < -0.39 is 15.8 Å². The van der Waals surface area contributed by atoms with Gasteiger partial charge in [0, 0.05) is 11.8 Å². The third-order valence-electron chi connectivity index (χ3n) is 2.44. The topological polar surface area (TPSA) is 72.2 Å². The summed E-state index contributed by atoms with van der Waals surface area (Å²) in [6.07, 6.45) is 2.59. The first-order valence-electron chi connectivity index (χ1n) is 5.47. The average molecular weight is 292 g/mol. The number of benzene rings is 1. The van der Waals surface area contributed by atoms with E-state index in [0.717, 1.165) is 12.1 Å². The molecule has 0 aliphatic heterocycles. The molecule has 1 aromatic rings. The lowest BCUT2D eigenvalue weighted by Crippen LogP contribution is -2.36. The fraction of sp³-hybridized carbons (Fsp3) is 0.455. The second-order valence-corrected chi connectivity index (χ2v) is 6.46. The third-order valence-corrected chi connectivity index (χ3v) is 4.77. The van der Waals surface area contributed by atoms with Gasteiger partial charge in [-0.15, -0.1) is 0 Å². The van der Waals surface area contributed by atoms with Crippen molar-refractivity contribution in [2.24, 2.45) is 0 Å². The van der Waals surface area contributed by atoms with E-state index in [9.17, 15) is 12.8 Å². The Morgan fingerprint density at radius 2 is 2.17 bits per heavy atom. The second-order valence-electron chi connectivity index (χ2n) is 3.86. The van der Waals surface area contributed by atoms with Crippen LogP contribution in [0.25, 0.3) is 0 Å². The number of rotatable bonds is 6.